The summed E-state index contributed by atoms with van der Waals surface area (Å²) in [6.07, 6.45) is 5.08. The standard InChI is InChI=1S/C20H26N6O/c1-3-9-22-19(27)8-10-25(2)14-15-5-4-6-16(12-15)17-13-23-26-11-7-18(21)24-20(17)26/h4-7,11-13H,3,8-10,14H2,1-2H3,(H2,21,24)(H,22,27). The van der Waals surface area contributed by atoms with Crippen molar-refractivity contribution in [1.82, 2.24) is 24.8 Å². The molecule has 3 rings (SSSR count). The zero-order valence-electron chi connectivity index (χ0n) is 15.9. The predicted molar refractivity (Wildman–Crippen MR) is 107 cm³/mol. The van der Waals surface area contributed by atoms with Gasteiger partial charge in [0.15, 0.2) is 5.65 Å². The summed E-state index contributed by atoms with van der Waals surface area (Å²) in [5.41, 5.74) is 9.74. The highest BCUT2D eigenvalue weighted by Gasteiger charge is 2.10. The van der Waals surface area contributed by atoms with Crippen molar-refractivity contribution in [3.05, 3.63) is 48.3 Å². The Kier molecular flexibility index (Phi) is 6.03. The number of nitrogens with one attached hydrogen (secondary N) is 1. The lowest BCUT2D eigenvalue weighted by atomic mass is 10.1. The van der Waals surface area contributed by atoms with Gasteiger partial charge in [0.05, 0.1) is 6.20 Å². The van der Waals surface area contributed by atoms with E-state index in [1.165, 1.54) is 5.56 Å². The summed E-state index contributed by atoms with van der Waals surface area (Å²) in [4.78, 5) is 18.3. The second-order valence-corrected chi connectivity index (χ2v) is 6.72. The van der Waals surface area contributed by atoms with Gasteiger partial charge in [-0.2, -0.15) is 5.10 Å². The van der Waals surface area contributed by atoms with Crippen LogP contribution in [0.1, 0.15) is 25.3 Å². The summed E-state index contributed by atoms with van der Waals surface area (Å²) in [6, 6.07) is 10.0. The van der Waals surface area contributed by atoms with Crippen LogP contribution in [-0.2, 0) is 11.3 Å². The molecule has 0 saturated carbocycles. The third-order valence-corrected chi connectivity index (χ3v) is 4.37. The number of fused-ring (bicyclic) bond motifs is 1. The number of carbonyl (C=O) groups is 1. The maximum atomic E-state index is 11.8. The number of amides is 1. The van der Waals surface area contributed by atoms with Crippen molar-refractivity contribution in [3.8, 4) is 11.1 Å². The zero-order chi connectivity index (χ0) is 19.2. The average molecular weight is 366 g/mol. The molecule has 3 N–H and O–H groups in total. The number of nitrogens with zero attached hydrogens (tertiary/aromatic N) is 4. The Hall–Kier alpha value is -2.93. The SMILES string of the molecule is CCCNC(=O)CCN(C)Cc1cccc(-c2cnn3ccc(N)nc23)c1. The summed E-state index contributed by atoms with van der Waals surface area (Å²) in [5, 5.41) is 7.25. The van der Waals surface area contributed by atoms with E-state index in [0.717, 1.165) is 36.3 Å². The summed E-state index contributed by atoms with van der Waals surface area (Å²) in [6.45, 7) is 4.27. The fraction of sp³-hybridized carbons (Fsp3) is 0.350. The van der Waals surface area contributed by atoms with Gasteiger partial charge in [-0.1, -0.05) is 25.1 Å². The molecule has 0 aliphatic rings. The molecule has 0 aliphatic heterocycles. The van der Waals surface area contributed by atoms with Crippen molar-refractivity contribution in [1.29, 1.82) is 0 Å². The molecule has 7 nitrogen and oxygen atoms in total. The second kappa shape index (κ2) is 8.64. The van der Waals surface area contributed by atoms with Crippen LogP contribution in [0, 0.1) is 0 Å². The Labute approximate surface area is 159 Å². The van der Waals surface area contributed by atoms with E-state index in [2.05, 4.69) is 32.4 Å². The van der Waals surface area contributed by atoms with Crippen molar-refractivity contribution in [2.45, 2.75) is 26.3 Å². The normalized spacial score (nSPS) is 11.2. The number of anilines is 1. The van der Waals surface area contributed by atoms with E-state index in [4.69, 9.17) is 5.73 Å². The topological polar surface area (TPSA) is 88.5 Å². The van der Waals surface area contributed by atoms with Gasteiger partial charge in [-0.15, -0.1) is 0 Å². The van der Waals surface area contributed by atoms with Crippen molar-refractivity contribution >= 4 is 17.4 Å². The Morgan fingerprint density at radius 3 is 3.00 bits per heavy atom. The quantitative estimate of drug-likeness (QED) is 0.639. The molecule has 142 valence electrons. The lowest BCUT2D eigenvalue weighted by molar-refractivity contribution is -0.121. The molecule has 0 fully saturated rings. The van der Waals surface area contributed by atoms with E-state index >= 15 is 0 Å². The molecule has 2 heterocycles. The molecule has 0 bridgehead atoms. The smallest absolute Gasteiger partial charge is 0.221 e. The van der Waals surface area contributed by atoms with E-state index < -0.39 is 0 Å². The molecule has 1 aromatic carbocycles. The first-order chi connectivity index (χ1) is 13.1. The first-order valence-electron chi connectivity index (χ1n) is 9.21. The highest BCUT2D eigenvalue weighted by Crippen LogP contribution is 2.25. The predicted octanol–water partition coefficient (Wildman–Crippen LogP) is 2.33. The van der Waals surface area contributed by atoms with E-state index in [0.29, 0.717) is 18.8 Å². The van der Waals surface area contributed by atoms with Crippen LogP contribution in [0.25, 0.3) is 16.8 Å². The lowest BCUT2D eigenvalue weighted by Gasteiger charge is -2.17. The van der Waals surface area contributed by atoms with Crippen LogP contribution in [0.15, 0.2) is 42.7 Å². The molecule has 1 amide bonds. The minimum atomic E-state index is 0.104. The number of hydrogen-bond donors (Lipinski definition) is 2. The minimum Gasteiger partial charge on any atom is -0.384 e. The number of carbonyl (C=O) groups excluding carboxylic acids is 1. The van der Waals surface area contributed by atoms with E-state index in [1.54, 1.807) is 10.6 Å². The number of nitrogen functional groups attached to an aromatic ring is 1. The number of rotatable bonds is 8. The largest absolute Gasteiger partial charge is 0.384 e. The van der Waals surface area contributed by atoms with Crippen LogP contribution in [0.4, 0.5) is 5.82 Å². The molecular formula is C20H26N6O. The first-order valence-corrected chi connectivity index (χ1v) is 9.21. The molecule has 27 heavy (non-hydrogen) atoms. The molecule has 0 atom stereocenters. The monoisotopic (exact) mass is 366 g/mol. The van der Waals surface area contributed by atoms with Crippen molar-refractivity contribution < 1.29 is 4.79 Å². The van der Waals surface area contributed by atoms with Gasteiger partial charge in [-0.3, -0.25) is 4.79 Å². The summed E-state index contributed by atoms with van der Waals surface area (Å²) in [5.74, 6) is 0.578. The van der Waals surface area contributed by atoms with Gasteiger partial charge in [0, 0.05) is 37.8 Å². The van der Waals surface area contributed by atoms with Gasteiger partial charge >= 0.3 is 0 Å². The first kappa shape index (κ1) is 18.8. The van der Waals surface area contributed by atoms with Gasteiger partial charge in [0.1, 0.15) is 5.82 Å². The Morgan fingerprint density at radius 2 is 2.19 bits per heavy atom. The van der Waals surface area contributed by atoms with Crippen LogP contribution in [-0.4, -0.2) is 45.5 Å². The second-order valence-electron chi connectivity index (χ2n) is 6.72. The van der Waals surface area contributed by atoms with Crippen LogP contribution in [0.5, 0.6) is 0 Å². The van der Waals surface area contributed by atoms with Crippen molar-refractivity contribution in [3.63, 3.8) is 0 Å². The third-order valence-electron chi connectivity index (χ3n) is 4.37. The highest BCUT2D eigenvalue weighted by atomic mass is 16.1. The molecule has 0 saturated heterocycles. The average Bonchev–Trinajstić information content (AvgIpc) is 3.08. The third kappa shape index (κ3) is 4.83. The molecule has 0 radical (unpaired) electrons. The van der Waals surface area contributed by atoms with Gasteiger partial charge in [-0.25, -0.2) is 9.50 Å². The molecule has 2 aromatic heterocycles. The van der Waals surface area contributed by atoms with Crippen LogP contribution in [0.3, 0.4) is 0 Å². The molecule has 3 aromatic rings. The van der Waals surface area contributed by atoms with Gasteiger partial charge in [-0.05, 0) is 36.7 Å². The van der Waals surface area contributed by atoms with Gasteiger partial charge in [0.2, 0.25) is 5.91 Å². The number of aromatic nitrogens is 3. The minimum absolute atomic E-state index is 0.104. The van der Waals surface area contributed by atoms with Crippen LogP contribution in [0.2, 0.25) is 0 Å². The molecule has 0 unspecified atom stereocenters. The van der Waals surface area contributed by atoms with Crippen molar-refractivity contribution in [2.75, 3.05) is 25.9 Å². The summed E-state index contributed by atoms with van der Waals surface area (Å²) < 4.78 is 1.72. The summed E-state index contributed by atoms with van der Waals surface area (Å²) in [7, 11) is 2.03. The molecular weight excluding hydrogens is 340 g/mol. The maximum absolute atomic E-state index is 11.8. The Balaban J connectivity index is 1.68. The zero-order valence-corrected chi connectivity index (χ0v) is 15.9. The maximum Gasteiger partial charge on any atom is 0.221 e. The molecule has 0 aliphatic carbocycles. The fourth-order valence-corrected chi connectivity index (χ4v) is 2.96. The lowest BCUT2D eigenvalue weighted by Crippen LogP contribution is -2.29. The Bertz CT molecular complexity index is 920. The molecule has 7 heteroatoms. The van der Waals surface area contributed by atoms with Crippen LogP contribution >= 0.6 is 0 Å². The van der Waals surface area contributed by atoms with E-state index in [9.17, 15) is 4.79 Å². The van der Waals surface area contributed by atoms with E-state index in [-0.39, 0.29) is 5.91 Å². The fourth-order valence-electron chi connectivity index (χ4n) is 2.96. The number of benzene rings is 1. The number of nitrogens with two attached hydrogens (primary N) is 1. The number of hydrogen-bond acceptors (Lipinski definition) is 5. The van der Waals surface area contributed by atoms with Gasteiger partial charge in [0.25, 0.3) is 0 Å². The molecule has 0 spiro atoms. The highest BCUT2D eigenvalue weighted by molar-refractivity contribution is 5.78. The van der Waals surface area contributed by atoms with Gasteiger partial charge < -0.3 is 16.0 Å². The van der Waals surface area contributed by atoms with Crippen molar-refractivity contribution in [2.24, 2.45) is 0 Å². The summed E-state index contributed by atoms with van der Waals surface area (Å²) >= 11 is 0. The Morgan fingerprint density at radius 1 is 1.33 bits per heavy atom. The van der Waals surface area contributed by atoms with E-state index in [1.807, 2.05) is 38.5 Å². The van der Waals surface area contributed by atoms with Crippen LogP contribution < -0.4 is 11.1 Å².